The van der Waals surface area contributed by atoms with E-state index in [1.165, 1.54) is 11.3 Å². The highest BCUT2D eigenvalue weighted by molar-refractivity contribution is 7.20. The van der Waals surface area contributed by atoms with Gasteiger partial charge in [-0.1, -0.05) is 72.8 Å². The molecule has 3 amide bonds. The molecule has 9 heteroatoms. The molecule has 2 aliphatic rings. The van der Waals surface area contributed by atoms with Gasteiger partial charge in [-0.2, -0.15) is 0 Å². The van der Waals surface area contributed by atoms with Crippen molar-refractivity contribution in [2.24, 2.45) is 0 Å². The Labute approximate surface area is 261 Å². The van der Waals surface area contributed by atoms with Gasteiger partial charge in [-0.05, 0) is 60.0 Å². The number of rotatable bonds is 11. The van der Waals surface area contributed by atoms with Gasteiger partial charge in [-0.25, -0.2) is 0 Å². The molecule has 6 rings (SSSR count). The quantitative estimate of drug-likeness (QED) is 0.223. The molecule has 3 aromatic carbocycles. The van der Waals surface area contributed by atoms with Crippen molar-refractivity contribution < 1.29 is 19.1 Å². The van der Waals surface area contributed by atoms with E-state index < -0.39 is 11.6 Å². The minimum Gasteiger partial charge on any atom is -0.379 e. The van der Waals surface area contributed by atoms with Crippen LogP contribution >= 0.6 is 11.3 Å². The number of benzene rings is 3. The van der Waals surface area contributed by atoms with Gasteiger partial charge in [0.05, 0.1) is 18.1 Å². The van der Waals surface area contributed by atoms with E-state index in [9.17, 15) is 14.4 Å². The van der Waals surface area contributed by atoms with Crippen molar-refractivity contribution in [3.8, 4) is 0 Å². The molecule has 2 heterocycles. The predicted molar refractivity (Wildman–Crippen MR) is 173 cm³/mol. The Kier molecular flexibility index (Phi) is 9.35. The Morgan fingerprint density at radius 1 is 0.932 bits per heavy atom. The Morgan fingerprint density at radius 3 is 2.50 bits per heavy atom. The van der Waals surface area contributed by atoms with E-state index in [1.54, 1.807) is 0 Å². The van der Waals surface area contributed by atoms with Crippen molar-refractivity contribution in [2.75, 3.05) is 39.4 Å². The van der Waals surface area contributed by atoms with Crippen molar-refractivity contribution in [3.63, 3.8) is 0 Å². The van der Waals surface area contributed by atoms with Crippen molar-refractivity contribution in [1.29, 1.82) is 0 Å². The third-order valence-electron chi connectivity index (χ3n) is 8.57. The van der Waals surface area contributed by atoms with Gasteiger partial charge in [0.15, 0.2) is 0 Å². The lowest BCUT2D eigenvalue weighted by Gasteiger charge is -2.32. The number of ether oxygens (including phenoxy) is 1. The highest BCUT2D eigenvalue weighted by Gasteiger charge is 2.47. The predicted octanol–water partition coefficient (Wildman–Crippen LogP) is 4.04. The summed E-state index contributed by atoms with van der Waals surface area (Å²) in [4.78, 5) is 44.6. The second-order valence-electron chi connectivity index (χ2n) is 11.5. The molecule has 1 aliphatic heterocycles. The lowest BCUT2D eigenvalue weighted by atomic mass is 9.89. The number of hydrogen-bond acceptors (Lipinski definition) is 6. The maximum absolute atomic E-state index is 14.4. The first-order chi connectivity index (χ1) is 21.5. The van der Waals surface area contributed by atoms with Crippen molar-refractivity contribution in [3.05, 3.63) is 106 Å². The summed E-state index contributed by atoms with van der Waals surface area (Å²) in [5.41, 5.74) is 1.44. The number of carbonyl (C=O) groups is 3. The number of carbonyl (C=O) groups excluding carboxylic acids is 3. The van der Waals surface area contributed by atoms with E-state index in [-0.39, 0.29) is 17.7 Å². The minimum absolute atomic E-state index is 0.235. The summed E-state index contributed by atoms with van der Waals surface area (Å²) < 4.78 is 6.44. The summed E-state index contributed by atoms with van der Waals surface area (Å²) in [6.07, 6.45) is 2.20. The standard InChI is InChI=1S/C35H38N4O4S/c40-32(36-17-8-18-39-19-21-43-22-20-39)29(23-25-9-2-1-3-10-25)37-34(42)35(16-15-26-11-4-6-13-28(26)35)38-33(41)31-24-27-12-5-7-14-30(27)44-31/h1-7,9-14,24,29H,8,15-23H2,(H,36,40)(H,37,42)(H,38,41)/t29-,35+/m1/s1. The van der Waals surface area contributed by atoms with Crippen LogP contribution in [0.15, 0.2) is 84.9 Å². The van der Waals surface area contributed by atoms with Gasteiger partial charge in [0.1, 0.15) is 11.6 Å². The molecular weight excluding hydrogens is 572 g/mol. The van der Waals surface area contributed by atoms with Gasteiger partial charge < -0.3 is 20.7 Å². The van der Waals surface area contributed by atoms with Crippen LogP contribution in [0.2, 0.25) is 0 Å². The van der Waals surface area contributed by atoms with Gasteiger partial charge in [-0.3, -0.25) is 19.3 Å². The van der Waals surface area contributed by atoms with Gasteiger partial charge in [0.25, 0.3) is 11.8 Å². The number of thiophene rings is 1. The molecule has 0 spiro atoms. The number of nitrogens with zero attached hydrogens (tertiary/aromatic N) is 1. The van der Waals surface area contributed by atoms with E-state index in [0.717, 1.165) is 66.0 Å². The van der Waals surface area contributed by atoms with E-state index in [0.29, 0.717) is 30.7 Å². The number of hydrogen-bond donors (Lipinski definition) is 3. The molecule has 0 unspecified atom stereocenters. The summed E-state index contributed by atoms with van der Waals surface area (Å²) in [5, 5.41) is 10.2. The largest absolute Gasteiger partial charge is 0.379 e. The fraction of sp³-hybridized carbons (Fsp3) is 0.343. The monoisotopic (exact) mass is 610 g/mol. The van der Waals surface area contributed by atoms with Crippen LogP contribution in [-0.4, -0.2) is 68.1 Å². The second kappa shape index (κ2) is 13.7. The molecule has 8 nitrogen and oxygen atoms in total. The zero-order valence-corrected chi connectivity index (χ0v) is 25.5. The molecule has 228 valence electrons. The zero-order valence-electron chi connectivity index (χ0n) is 24.7. The van der Waals surface area contributed by atoms with Crippen molar-refractivity contribution in [1.82, 2.24) is 20.9 Å². The normalized spacial score (nSPS) is 18.8. The maximum Gasteiger partial charge on any atom is 0.262 e. The molecule has 0 radical (unpaired) electrons. The minimum atomic E-state index is -1.30. The van der Waals surface area contributed by atoms with Crippen LogP contribution in [0, 0.1) is 0 Å². The topological polar surface area (TPSA) is 99.8 Å². The molecule has 4 aromatic rings. The Bertz CT molecular complexity index is 1580. The van der Waals surface area contributed by atoms with Crippen LogP contribution in [0.5, 0.6) is 0 Å². The van der Waals surface area contributed by atoms with Gasteiger partial charge >= 0.3 is 0 Å². The van der Waals surface area contributed by atoms with Gasteiger partial charge in [0.2, 0.25) is 5.91 Å². The van der Waals surface area contributed by atoms with Crippen LogP contribution in [0.4, 0.5) is 0 Å². The van der Waals surface area contributed by atoms with E-state index in [2.05, 4.69) is 20.9 Å². The highest BCUT2D eigenvalue weighted by atomic mass is 32.1. The first-order valence-corrected chi connectivity index (χ1v) is 16.2. The van der Waals surface area contributed by atoms with Crippen LogP contribution in [0.1, 0.15) is 39.2 Å². The molecule has 1 aromatic heterocycles. The van der Waals surface area contributed by atoms with Crippen LogP contribution in [0.25, 0.3) is 10.1 Å². The zero-order chi connectivity index (χ0) is 30.4. The Balaban J connectivity index is 1.22. The summed E-state index contributed by atoms with van der Waals surface area (Å²) >= 11 is 1.40. The number of amides is 3. The molecule has 1 fully saturated rings. The summed E-state index contributed by atoms with van der Waals surface area (Å²) in [6, 6.07) is 26.3. The first kappa shape index (κ1) is 30.0. The average Bonchev–Trinajstić information content (AvgIpc) is 3.67. The third kappa shape index (κ3) is 6.70. The molecule has 1 aliphatic carbocycles. The molecule has 44 heavy (non-hydrogen) atoms. The lowest BCUT2D eigenvalue weighted by Crippen LogP contribution is -2.59. The van der Waals surface area contributed by atoms with Crippen LogP contribution in [0.3, 0.4) is 0 Å². The fourth-order valence-corrected chi connectivity index (χ4v) is 7.14. The van der Waals surface area contributed by atoms with Crippen molar-refractivity contribution >= 4 is 39.1 Å². The van der Waals surface area contributed by atoms with E-state index in [1.807, 2.05) is 84.9 Å². The molecular formula is C35H38N4O4S. The molecule has 1 saturated heterocycles. The number of morpholine rings is 1. The number of fused-ring (bicyclic) bond motifs is 2. The Hall–Kier alpha value is -4.05. The lowest BCUT2D eigenvalue weighted by molar-refractivity contribution is -0.133. The summed E-state index contributed by atoms with van der Waals surface area (Å²) in [6.45, 7) is 4.66. The van der Waals surface area contributed by atoms with Crippen molar-refractivity contribution in [2.45, 2.75) is 37.3 Å². The SMILES string of the molecule is O=C(N[C@@]1(C(=O)N[C@H](Cc2ccccc2)C(=O)NCCCN2CCOCC2)CCc2ccccc21)c1cc2ccccc2s1. The van der Waals surface area contributed by atoms with E-state index >= 15 is 0 Å². The van der Waals surface area contributed by atoms with Crippen LogP contribution < -0.4 is 16.0 Å². The summed E-state index contributed by atoms with van der Waals surface area (Å²) in [7, 11) is 0. The van der Waals surface area contributed by atoms with Crippen LogP contribution in [-0.2, 0) is 32.7 Å². The number of aryl methyl sites for hydroxylation is 1. The second-order valence-corrected chi connectivity index (χ2v) is 12.6. The maximum atomic E-state index is 14.4. The Morgan fingerprint density at radius 2 is 1.68 bits per heavy atom. The smallest absolute Gasteiger partial charge is 0.262 e. The highest BCUT2D eigenvalue weighted by Crippen LogP contribution is 2.38. The van der Waals surface area contributed by atoms with E-state index in [4.69, 9.17) is 4.74 Å². The molecule has 3 N–H and O–H groups in total. The number of nitrogens with one attached hydrogen (secondary N) is 3. The first-order valence-electron chi connectivity index (χ1n) is 15.3. The third-order valence-corrected chi connectivity index (χ3v) is 9.68. The molecule has 0 bridgehead atoms. The summed E-state index contributed by atoms with van der Waals surface area (Å²) in [5.74, 6) is -0.909. The van der Waals surface area contributed by atoms with Gasteiger partial charge in [0, 0.05) is 30.8 Å². The molecule has 0 saturated carbocycles. The molecule has 2 atom stereocenters. The fourth-order valence-electron chi connectivity index (χ4n) is 6.19. The van der Waals surface area contributed by atoms with Gasteiger partial charge in [-0.15, -0.1) is 11.3 Å². The average molecular weight is 611 g/mol.